The first-order chi connectivity index (χ1) is 13.7. The van der Waals surface area contributed by atoms with Crippen molar-refractivity contribution in [1.82, 2.24) is 14.9 Å². The number of anilines is 2. The summed E-state index contributed by atoms with van der Waals surface area (Å²) in [6.45, 7) is 5.39. The molecule has 0 spiro atoms. The summed E-state index contributed by atoms with van der Waals surface area (Å²) in [5.74, 6) is 1.81. The average Bonchev–Trinajstić information content (AvgIpc) is 2.92. The van der Waals surface area contributed by atoms with Gasteiger partial charge < -0.3 is 21.3 Å². The van der Waals surface area contributed by atoms with Gasteiger partial charge in [-0.3, -0.25) is 0 Å². The maximum absolute atomic E-state index is 6.01. The highest BCUT2D eigenvalue weighted by Gasteiger charge is 2.29. The molecule has 28 heavy (non-hydrogen) atoms. The molecule has 6 heteroatoms. The third-order valence-electron chi connectivity index (χ3n) is 6.04. The third kappa shape index (κ3) is 4.80. The molecule has 1 aromatic heterocycles. The van der Waals surface area contributed by atoms with Gasteiger partial charge in [-0.1, -0.05) is 30.3 Å². The summed E-state index contributed by atoms with van der Waals surface area (Å²) in [5.41, 5.74) is 14.5. The predicted molar refractivity (Wildman–Crippen MR) is 114 cm³/mol. The van der Waals surface area contributed by atoms with Gasteiger partial charge >= 0.3 is 0 Å². The van der Waals surface area contributed by atoms with Gasteiger partial charge in [0.15, 0.2) is 0 Å². The fourth-order valence-electron chi connectivity index (χ4n) is 4.32. The molecule has 4 N–H and O–H groups in total. The second-order valence-electron chi connectivity index (χ2n) is 8.21. The molecule has 1 aromatic carbocycles. The van der Waals surface area contributed by atoms with Gasteiger partial charge in [0.2, 0.25) is 5.95 Å². The molecular formula is C22H32N6. The number of benzene rings is 1. The summed E-state index contributed by atoms with van der Waals surface area (Å²) in [5, 5.41) is 0. The number of nitrogens with zero attached hydrogens (tertiary/aromatic N) is 4. The lowest BCUT2D eigenvalue weighted by Gasteiger charge is -2.32. The van der Waals surface area contributed by atoms with Gasteiger partial charge in [-0.2, -0.15) is 4.98 Å². The largest absolute Gasteiger partial charge is 0.368 e. The van der Waals surface area contributed by atoms with Crippen molar-refractivity contribution >= 4 is 11.8 Å². The second-order valence-corrected chi connectivity index (χ2v) is 8.21. The summed E-state index contributed by atoms with van der Waals surface area (Å²) in [4.78, 5) is 14.0. The minimum absolute atomic E-state index is 0.312. The Hall–Kier alpha value is -2.18. The lowest BCUT2D eigenvalue weighted by Crippen LogP contribution is -2.36. The maximum atomic E-state index is 6.01. The number of rotatable bonds is 6. The highest BCUT2D eigenvalue weighted by atomic mass is 15.3. The Morgan fingerprint density at radius 1 is 1.00 bits per heavy atom. The van der Waals surface area contributed by atoms with E-state index in [1.54, 1.807) is 0 Å². The molecule has 1 aliphatic heterocycles. The van der Waals surface area contributed by atoms with Gasteiger partial charge in [0, 0.05) is 37.7 Å². The van der Waals surface area contributed by atoms with Gasteiger partial charge in [0.1, 0.15) is 5.82 Å². The molecule has 0 amide bonds. The van der Waals surface area contributed by atoms with Crippen LogP contribution in [0.3, 0.4) is 0 Å². The Kier molecular flexibility index (Phi) is 6.07. The smallest absolute Gasteiger partial charge is 0.222 e. The van der Waals surface area contributed by atoms with Crippen molar-refractivity contribution in [2.45, 2.75) is 44.1 Å². The van der Waals surface area contributed by atoms with Gasteiger partial charge in [0.25, 0.3) is 0 Å². The van der Waals surface area contributed by atoms with E-state index < -0.39 is 0 Å². The Bertz CT molecular complexity index is 759. The summed E-state index contributed by atoms with van der Waals surface area (Å²) < 4.78 is 0. The number of hydrogen-bond donors (Lipinski definition) is 2. The zero-order valence-corrected chi connectivity index (χ0v) is 16.6. The lowest BCUT2D eigenvalue weighted by molar-refractivity contribution is 0.290. The molecule has 0 bridgehead atoms. The summed E-state index contributed by atoms with van der Waals surface area (Å²) >= 11 is 0. The topological polar surface area (TPSA) is 84.3 Å². The number of hydrogen-bond acceptors (Lipinski definition) is 6. The van der Waals surface area contributed by atoms with E-state index in [1.165, 1.54) is 12.0 Å². The lowest BCUT2D eigenvalue weighted by atomic mass is 9.78. The van der Waals surface area contributed by atoms with E-state index in [-0.39, 0.29) is 0 Å². The normalized spacial score (nSPS) is 23.2. The summed E-state index contributed by atoms with van der Waals surface area (Å²) in [6, 6.07) is 13.2. The van der Waals surface area contributed by atoms with E-state index in [0.29, 0.717) is 17.9 Å². The van der Waals surface area contributed by atoms with Gasteiger partial charge in [0.05, 0.1) is 5.69 Å². The van der Waals surface area contributed by atoms with E-state index in [1.807, 2.05) is 0 Å². The molecule has 6 nitrogen and oxygen atoms in total. The Morgan fingerprint density at radius 2 is 1.82 bits per heavy atom. The molecule has 150 valence electrons. The quantitative estimate of drug-likeness (QED) is 0.801. The number of nitrogen functional groups attached to an aromatic ring is 1. The molecule has 0 atom stereocenters. The zero-order chi connectivity index (χ0) is 19.3. The Morgan fingerprint density at radius 3 is 2.61 bits per heavy atom. The molecule has 1 saturated heterocycles. The van der Waals surface area contributed by atoms with E-state index in [2.05, 4.69) is 56.2 Å². The molecule has 4 rings (SSSR count). The van der Waals surface area contributed by atoms with Crippen LogP contribution >= 0.6 is 0 Å². The first kappa shape index (κ1) is 19.2. The van der Waals surface area contributed by atoms with E-state index >= 15 is 0 Å². The van der Waals surface area contributed by atoms with Crippen LogP contribution in [0, 0.1) is 0 Å². The van der Waals surface area contributed by atoms with Crippen LogP contribution in [0.2, 0.25) is 0 Å². The maximum Gasteiger partial charge on any atom is 0.222 e. The van der Waals surface area contributed by atoms with Crippen LogP contribution in [0.5, 0.6) is 0 Å². The second kappa shape index (κ2) is 8.88. The Labute approximate surface area is 167 Å². The van der Waals surface area contributed by atoms with Crippen molar-refractivity contribution in [2.24, 2.45) is 5.73 Å². The predicted octanol–water partition coefficient (Wildman–Crippen LogP) is 2.41. The van der Waals surface area contributed by atoms with Crippen LogP contribution in [0.15, 0.2) is 36.4 Å². The van der Waals surface area contributed by atoms with Crippen LogP contribution in [-0.4, -0.2) is 53.6 Å². The molecule has 1 saturated carbocycles. The van der Waals surface area contributed by atoms with E-state index in [0.717, 1.165) is 69.9 Å². The van der Waals surface area contributed by atoms with Crippen LogP contribution in [0.1, 0.15) is 42.9 Å². The van der Waals surface area contributed by atoms with Crippen molar-refractivity contribution < 1.29 is 0 Å². The minimum Gasteiger partial charge on any atom is -0.368 e. The molecular weight excluding hydrogens is 348 g/mol. The van der Waals surface area contributed by atoms with Crippen LogP contribution in [0.4, 0.5) is 11.8 Å². The first-order valence-electron chi connectivity index (χ1n) is 10.6. The molecule has 2 aromatic rings. The monoisotopic (exact) mass is 380 g/mol. The Balaban J connectivity index is 1.31. The first-order valence-corrected chi connectivity index (χ1v) is 10.6. The molecule has 2 heterocycles. The number of aryl methyl sites for hydroxylation is 1. The van der Waals surface area contributed by atoms with E-state index in [4.69, 9.17) is 11.5 Å². The van der Waals surface area contributed by atoms with Crippen molar-refractivity contribution in [3.63, 3.8) is 0 Å². The van der Waals surface area contributed by atoms with Crippen molar-refractivity contribution in [1.29, 1.82) is 0 Å². The third-order valence-corrected chi connectivity index (χ3v) is 6.04. The number of aromatic nitrogens is 2. The van der Waals surface area contributed by atoms with Gasteiger partial charge in [-0.25, -0.2) is 4.98 Å². The van der Waals surface area contributed by atoms with Crippen LogP contribution < -0.4 is 16.4 Å². The fourth-order valence-corrected chi connectivity index (χ4v) is 4.32. The fraction of sp³-hybridized carbons (Fsp3) is 0.545. The van der Waals surface area contributed by atoms with E-state index in [9.17, 15) is 0 Å². The standard InChI is InChI=1S/C22H32N6/c23-19-14-18(15-19)20-16-21(26-22(24)25-20)28-11-5-10-27(12-13-28)9-4-8-17-6-2-1-3-7-17/h1-3,6-7,16,18-19H,4-5,8-15,23H2,(H2,24,25,26). The highest BCUT2D eigenvalue weighted by molar-refractivity contribution is 5.45. The summed E-state index contributed by atoms with van der Waals surface area (Å²) in [6.07, 6.45) is 5.52. The molecule has 2 fully saturated rings. The molecule has 0 radical (unpaired) electrons. The zero-order valence-electron chi connectivity index (χ0n) is 16.6. The average molecular weight is 381 g/mol. The van der Waals surface area contributed by atoms with Crippen molar-refractivity contribution in [3.05, 3.63) is 47.7 Å². The molecule has 2 aliphatic rings. The summed E-state index contributed by atoms with van der Waals surface area (Å²) in [7, 11) is 0. The van der Waals surface area contributed by atoms with Crippen LogP contribution in [-0.2, 0) is 6.42 Å². The van der Waals surface area contributed by atoms with Crippen molar-refractivity contribution in [3.8, 4) is 0 Å². The van der Waals surface area contributed by atoms with Gasteiger partial charge in [-0.15, -0.1) is 0 Å². The van der Waals surface area contributed by atoms with Gasteiger partial charge in [-0.05, 0) is 50.8 Å². The molecule has 1 aliphatic carbocycles. The van der Waals surface area contributed by atoms with Crippen LogP contribution in [0.25, 0.3) is 0 Å². The minimum atomic E-state index is 0.312. The SMILES string of the molecule is Nc1nc(C2CC(N)C2)cc(N2CCCN(CCCc3ccccc3)CC2)n1. The number of nitrogens with two attached hydrogens (primary N) is 2. The molecule has 0 unspecified atom stereocenters. The van der Waals surface area contributed by atoms with Crippen molar-refractivity contribution in [2.75, 3.05) is 43.4 Å². The highest BCUT2D eigenvalue weighted by Crippen LogP contribution is 2.36.